The number of hydrogen-bond acceptors (Lipinski definition) is 5. The molecule has 1 aromatic heterocycles. The number of benzene rings is 1. The van der Waals surface area contributed by atoms with Crippen molar-refractivity contribution >= 4 is 17.8 Å². The van der Waals surface area contributed by atoms with E-state index in [1.807, 2.05) is 6.07 Å². The summed E-state index contributed by atoms with van der Waals surface area (Å²) in [5.74, 6) is 0.315. The van der Waals surface area contributed by atoms with Crippen LogP contribution in [0.2, 0.25) is 0 Å². The molecule has 9 nitrogen and oxygen atoms in total. The first-order chi connectivity index (χ1) is 12.9. The molecule has 1 aromatic carbocycles. The Balaban J connectivity index is 1.51. The fourth-order valence-electron chi connectivity index (χ4n) is 3.91. The number of likely N-dealkylation sites (N-methyl/N-ethyl adjacent to an activating group) is 2. The van der Waals surface area contributed by atoms with Crippen LogP contribution in [0.25, 0.3) is 11.4 Å². The van der Waals surface area contributed by atoms with Gasteiger partial charge in [0.25, 0.3) is 11.8 Å². The first-order valence-electron chi connectivity index (χ1n) is 8.75. The van der Waals surface area contributed by atoms with E-state index in [-0.39, 0.29) is 17.8 Å². The molecule has 140 valence electrons. The van der Waals surface area contributed by atoms with E-state index in [9.17, 15) is 14.4 Å². The molecule has 0 saturated carbocycles. The number of H-pyrrole nitrogens is 1. The van der Waals surface area contributed by atoms with Gasteiger partial charge in [0.2, 0.25) is 0 Å². The fourth-order valence-corrected chi connectivity index (χ4v) is 3.91. The molecular formula is C18H20N6O3. The number of likely N-dealkylation sites (tertiary alicyclic amines) is 1. The highest BCUT2D eigenvalue weighted by molar-refractivity contribution is 6.07. The molecule has 4 rings (SSSR count). The van der Waals surface area contributed by atoms with Crippen molar-refractivity contribution in [1.29, 1.82) is 0 Å². The summed E-state index contributed by atoms with van der Waals surface area (Å²) in [5, 5.41) is 6.61. The second-order valence-electron chi connectivity index (χ2n) is 6.94. The largest absolute Gasteiger partial charge is 0.338 e. The Morgan fingerprint density at radius 2 is 1.93 bits per heavy atom. The van der Waals surface area contributed by atoms with Gasteiger partial charge in [-0.3, -0.25) is 19.6 Å². The maximum atomic E-state index is 12.9. The average Bonchev–Trinajstić information content (AvgIpc) is 3.30. The highest BCUT2D eigenvalue weighted by atomic mass is 16.2. The third-order valence-corrected chi connectivity index (χ3v) is 5.59. The summed E-state index contributed by atoms with van der Waals surface area (Å²) in [4.78, 5) is 46.1. The van der Waals surface area contributed by atoms with Crippen molar-refractivity contribution in [3.05, 3.63) is 36.2 Å². The molecule has 0 unspecified atom stereocenters. The van der Waals surface area contributed by atoms with E-state index >= 15 is 0 Å². The van der Waals surface area contributed by atoms with Gasteiger partial charge in [0.15, 0.2) is 5.82 Å². The Hall–Kier alpha value is -3.23. The number of urea groups is 1. The number of carbonyl (C=O) groups excluding carboxylic acids is 3. The minimum Gasteiger partial charge on any atom is -0.338 e. The van der Waals surface area contributed by atoms with Gasteiger partial charge in [0, 0.05) is 38.3 Å². The molecule has 0 atom stereocenters. The van der Waals surface area contributed by atoms with Gasteiger partial charge in [-0.25, -0.2) is 9.78 Å². The van der Waals surface area contributed by atoms with Crippen LogP contribution in [0.15, 0.2) is 30.6 Å². The van der Waals surface area contributed by atoms with Crippen molar-refractivity contribution in [1.82, 2.24) is 29.9 Å². The minimum atomic E-state index is -0.829. The Morgan fingerprint density at radius 1 is 1.19 bits per heavy atom. The number of rotatable bonds is 2. The molecule has 4 amide bonds. The quantitative estimate of drug-likeness (QED) is 0.796. The molecule has 2 aromatic rings. The van der Waals surface area contributed by atoms with Gasteiger partial charge in [-0.2, -0.15) is 5.10 Å². The summed E-state index contributed by atoms with van der Waals surface area (Å²) in [7, 11) is 3.16. The molecule has 0 bridgehead atoms. The fraction of sp³-hybridized carbons (Fsp3) is 0.389. The predicted octanol–water partition coefficient (Wildman–Crippen LogP) is 0.970. The summed E-state index contributed by atoms with van der Waals surface area (Å²) in [6.07, 6.45) is 2.29. The number of imide groups is 1. The van der Waals surface area contributed by atoms with Crippen molar-refractivity contribution in [3.63, 3.8) is 0 Å². The van der Waals surface area contributed by atoms with Crippen molar-refractivity contribution in [2.45, 2.75) is 18.4 Å². The Morgan fingerprint density at radius 3 is 2.52 bits per heavy atom. The molecule has 2 aliphatic heterocycles. The normalized spacial score (nSPS) is 19.3. The highest BCUT2D eigenvalue weighted by Crippen LogP contribution is 2.35. The number of aromatic nitrogens is 3. The van der Waals surface area contributed by atoms with Gasteiger partial charge in [0.1, 0.15) is 11.9 Å². The van der Waals surface area contributed by atoms with Gasteiger partial charge in [-0.1, -0.05) is 12.1 Å². The van der Waals surface area contributed by atoms with Crippen LogP contribution >= 0.6 is 0 Å². The molecule has 2 aliphatic rings. The number of amides is 4. The van der Waals surface area contributed by atoms with E-state index in [1.165, 1.54) is 23.2 Å². The van der Waals surface area contributed by atoms with E-state index in [0.717, 1.165) is 5.56 Å². The molecule has 1 N–H and O–H groups in total. The van der Waals surface area contributed by atoms with Gasteiger partial charge >= 0.3 is 6.03 Å². The van der Waals surface area contributed by atoms with Crippen LogP contribution in [0.4, 0.5) is 4.79 Å². The molecule has 1 spiro atoms. The molecule has 27 heavy (non-hydrogen) atoms. The van der Waals surface area contributed by atoms with E-state index < -0.39 is 5.54 Å². The lowest BCUT2D eigenvalue weighted by Crippen LogP contribution is -2.56. The molecule has 0 aliphatic carbocycles. The van der Waals surface area contributed by atoms with Gasteiger partial charge in [-0.05, 0) is 25.0 Å². The Labute approximate surface area is 156 Å². The summed E-state index contributed by atoms with van der Waals surface area (Å²) in [5.41, 5.74) is 0.508. The summed E-state index contributed by atoms with van der Waals surface area (Å²) in [6, 6.07) is 6.90. The summed E-state index contributed by atoms with van der Waals surface area (Å²) >= 11 is 0. The maximum absolute atomic E-state index is 12.9. The SMILES string of the molecule is CN1C(=O)N(C)C2(CCN(C(=O)c3cccc(-c4ncn[nH]4)c3)CC2)C1=O. The lowest BCUT2D eigenvalue weighted by atomic mass is 9.86. The number of carbonyl (C=O) groups is 3. The van der Waals surface area contributed by atoms with Crippen LogP contribution in [-0.2, 0) is 4.79 Å². The molecule has 2 saturated heterocycles. The second-order valence-corrected chi connectivity index (χ2v) is 6.94. The lowest BCUT2D eigenvalue weighted by Gasteiger charge is -2.40. The third kappa shape index (κ3) is 2.57. The monoisotopic (exact) mass is 368 g/mol. The molecule has 2 fully saturated rings. The van der Waals surface area contributed by atoms with E-state index in [4.69, 9.17) is 0 Å². The maximum Gasteiger partial charge on any atom is 0.327 e. The smallest absolute Gasteiger partial charge is 0.327 e. The summed E-state index contributed by atoms with van der Waals surface area (Å²) in [6.45, 7) is 0.838. The zero-order valence-electron chi connectivity index (χ0n) is 15.2. The minimum absolute atomic E-state index is 0.0982. The molecular weight excluding hydrogens is 348 g/mol. The average molecular weight is 368 g/mol. The number of nitrogens with one attached hydrogen (secondary N) is 1. The number of aromatic amines is 1. The van der Waals surface area contributed by atoms with Crippen LogP contribution in [0, 0.1) is 0 Å². The predicted molar refractivity (Wildman–Crippen MR) is 95.6 cm³/mol. The Kier molecular flexibility index (Phi) is 3.94. The van der Waals surface area contributed by atoms with Crippen LogP contribution in [-0.4, -0.2) is 80.5 Å². The first kappa shape index (κ1) is 17.2. The van der Waals surface area contributed by atoms with Crippen LogP contribution in [0.1, 0.15) is 23.2 Å². The van der Waals surface area contributed by atoms with Crippen molar-refractivity contribution in [2.24, 2.45) is 0 Å². The van der Waals surface area contributed by atoms with Gasteiger partial charge < -0.3 is 9.80 Å². The third-order valence-electron chi connectivity index (χ3n) is 5.59. The van der Waals surface area contributed by atoms with E-state index in [2.05, 4.69) is 15.2 Å². The second kappa shape index (κ2) is 6.19. The highest BCUT2D eigenvalue weighted by Gasteiger charge is 2.55. The van der Waals surface area contributed by atoms with Gasteiger partial charge in [0.05, 0.1) is 0 Å². The molecule has 3 heterocycles. The summed E-state index contributed by atoms with van der Waals surface area (Å²) < 4.78 is 0. The van der Waals surface area contributed by atoms with Crippen LogP contribution in [0.5, 0.6) is 0 Å². The lowest BCUT2D eigenvalue weighted by molar-refractivity contribution is -0.134. The topological polar surface area (TPSA) is 102 Å². The molecule has 9 heteroatoms. The van der Waals surface area contributed by atoms with Crippen LogP contribution in [0.3, 0.4) is 0 Å². The molecule has 0 radical (unpaired) electrons. The van der Waals surface area contributed by atoms with Crippen molar-refractivity contribution in [3.8, 4) is 11.4 Å². The van der Waals surface area contributed by atoms with E-state index in [1.54, 1.807) is 30.1 Å². The Bertz CT molecular complexity index is 902. The van der Waals surface area contributed by atoms with E-state index in [0.29, 0.717) is 37.3 Å². The van der Waals surface area contributed by atoms with Crippen LogP contribution < -0.4 is 0 Å². The van der Waals surface area contributed by atoms with Crippen molar-refractivity contribution < 1.29 is 14.4 Å². The van der Waals surface area contributed by atoms with Crippen molar-refractivity contribution in [2.75, 3.05) is 27.2 Å². The zero-order valence-corrected chi connectivity index (χ0v) is 15.2. The number of piperidine rings is 1. The van der Waals surface area contributed by atoms with Gasteiger partial charge in [-0.15, -0.1) is 0 Å². The zero-order chi connectivity index (χ0) is 19.2. The number of nitrogens with zero attached hydrogens (tertiary/aromatic N) is 5. The number of hydrogen-bond donors (Lipinski definition) is 1. The standard InChI is InChI=1S/C18H20N6O3/c1-22-16(26)18(23(2)17(22)27)6-8-24(9-7-18)15(25)13-5-3-4-12(10-13)14-19-11-20-21-14/h3-5,10-11H,6-9H2,1-2H3,(H,19,20,21). The first-order valence-corrected chi connectivity index (χ1v) is 8.75.